The number of halogens is 2. The van der Waals surface area contributed by atoms with Crippen LogP contribution in [0.2, 0.25) is 10.0 Å². The Morgan fingerprint density at radius 3 is 2.25 bits per heavy atom. The zero-order chi connectivity index (χ0) is 12.1. The molecule has 0 aromatic heterocycles. The van der Waals surface area contributed by atoms with Crippen LogP contribution in [0.15, 0.2) is 18.2 Å². The average Bonchev–Trinajstić information content (AvgIpc) is 2.16. The van der Waals surface area contributed by atoms with E-state index in [2.05, 4.69) is 0 Å². The number of rotatable bonds is 5. The summed E-state index contributed by atoms with van der Waals surface area (Å²) in [6, 6.07) is 5.31. The first-order valence-corrected chi connectivity index (χ1v) is 5.74. The highest BCUT2D eigenvalue weighted by molar-refractivity contribution is 6.34. The van der Waals surface area contributed by atoms with Crippen LogP contribution in [-0.4, -0.2) is 38.2 Å². The van der Waals surface area contributed by atoms with Gasteiger partial charge in [-0.2, -0.15) is 0 Å². The molecule has 0 fully saturated rings. The molecule has 0 amide bonds. The fourth-order valence-corrected chi connectivity index (χ4v) is 1.74. The Bertz CT molecular complexity index is 325. The van der Waals surface area contributed by atoms with E-state index in [1.165, 1.54) is 0 Å². The second kappa shape index (κ2) is 6.30. The van der Waals surface area contributed by atoms with Crippen molar-refractivity contribution in [3.63, 3.8) is 0 Å². The van der Waals surface area contributed by atoms with Crippen molar-refractivity contribution in [3.05, 3.63) is 28.2 Å². The lowest BCUT2D eigenvalue weighted by Crippen LogP contribution is -2.39. The molecule has 0 aliphatic heterocycles. The van der Waals surface area contributed by atoms with E-state index >= 15 is 0 Å². The molecular weight excluding hydrogens is 247 g/mol. The number of nitrogens with zero attached hydrogens (tertiary/aromatic N) is 1. The highest BCUT2D eigenvalue weighted by atomic mass is 35.5. The lowest BCUT2D eigenvalue weighted by molar-refractivity contribution is 0.190. The van der Waals surface area contributed by atoms with Gasteiger partial charge in [0.2, 0.25) is 0 Å². The summed E-state index contributed by atoms with van der Waals surface area (Å²) in [5.41, 5.74) is 5.62. The molecule has 1 rings (SSSR count). The molecule has 0 aliphatic carbocycles. The topological polar surface area (TPSA) is 38.5 Å². The molecule has 0 heterocycles. The van der Waals surface area contributed by atoms with Crippen molar-refractivity contribution in [2.75, 3.05) is 27.2 Å². The van der Waals surface area contributed by atoms with E-state index in [-0.39, 0.29) is 6.04 Å². The van der Waals surface area contributed by atoms with Gasteiger partial charge in [0.15, 0.2) is 0 Å². The molecular formula is C11H16Cl2N2O. The van der Waals surface area contributed by atoms with Gasteiger partial charge in [-0.05, 0) is 32.3 Å². The van der Waals surface area contributed by atoms with Gasteiger partial charge in [-0.1, -0.05) is 23.2 Å². The first-order chi connectivity index (χ1) is 7.52. The standard InChI is InChI=1S/C11H16Cl2N2O/c1-15(2)10(6-14)7-16-11-4-8(12)3-9(13)5-11/h3-5,10H,6-7,14H2,1-2H3. The maximum Gasteiger partial charge on any atom is 0.122 e. The maximum atomic E-state index is 5.86. The summed E-state index contributed by atoms with van der Waals surface area (Å²) in [5, 5.41) is 1.13. The smallest absolute Gasteiger partial charge is 0.122 e. The fraction of sp³-hybridized carbons (Fsp3) is 0.455. The Balaban J connectivity index is 2.60. The van der Waals surface area contributed by atoms with Crippen molar-refractivity contribution in [2.24, 2.45) is 5.73 Å². The highest BCUT2D eigenvalue weighted by Gasteiger charge is 2.10. The van der Waals surface area contributed by atoms with Crippen molar-refractivity contribution >= 4 is 23.2 Å². The number of hydrogen-bond acceptors (Lipinski definition) is 3. The van der Waals surface area contributed by atoms with Gasteiger partial charge in [0, 0.05) is 16.6 Å². The van der Waals surface area contributed by atoms with Gasteiger partial charge in [-0.3, -0.25) is 0 Å². The molecule has 2 N–H and O–H groups in total. The zero-order valence-corrected chi connectivity index (χ0v) is 10.9. The highest BCUT2D eigenvalue weighted by Crippen LogP contribution is 2.24. The van der Waals surface area contributed by atoms with Crippen LogP contribution in [-0.2, 0) is 0 Å². The Hall–Kier alpha value is -0.480. The van der Waals surface area contributed by atoms with Gasteiger partial charge in [-0.25, -0.2) is 0 Å². The lowest BCUT2D eigenvalue weighted by atomic mass is 10.3. The van der Waals surface area contributed by atoms with Crippen LogP contribution in [0, 0.1) is 0 Å². The molecule has 1 atom stereocenters. The predicted molar refractivity (Wildman–Crippen MR) is 68.5 cm³/mol. The van der Waals surface area contributed by atoms with E-state index in [4.69, 9.17) is 33.7 Å². The van der Waals surface area contributed by atoms with Crippen molar-refractivity contribution in [2.45, 2.75) is 6.04 Å². The van der Waals surface area contributed by atoms with E-state index in [0.29, 0.717) is 28.9 Å². The third-order valence-corrected chi connectivity index (χ3v) is 2.72. The Morgan fingerprint density at radius 2 is 1.81 bits per heavy atom. The molecule has 0 saturated carbocycles. The average molecular weight is 263 g/mol. The molecule has 1 aromatic rings. The van der Waals surface area contributed by atoms with Gasteiger partial charge in [0.25, 0.3) is 0 Å². The van der Waals surface area contributed by atoms with Crippen molar-refractivity contribution in [3.8, 4) is 5.75 Å². The molecule has 5 heteroatoms. The minimum atomic E-state index is 0.178. The second-order valence-electron chi connectivity index (χ2n) is 3.77. The largest absolute Gasteiger partial charge is 0.492 e. The van der Waals surface area contributed by atoms with Crippen LogP contribution in [0.3, 0.4) is 0 Å². The minimum Gasteiger partial charge on any atom is -0.492 e. The zero-order valence-electron chi connectivity index (χ0n) is 9.41. The van der Waals surface area contributed by atoms with Gasteiger partial charge in [-0.15, -0.1) is 0 Å². The summed E-state index contributed by atoms with van der Waals surface area (Å²) in [5.74, 6) is 0.665. The molecule has 0 saturated heterocycles. The van der Waals surface area contributed by atoms with Crippen LogP contribution in [0.25, 0.3) is 0 Å². The molecule has 3 nitrogen and oxygen atoms in total. The molecule has 0 spiro atoms. The van der Waals surface area contributed by atoms with Crippen LogP contribution < -0.4 is 10.5 Å². The third-order valence-electron chi connectivity index (χ3n) is 2.28. The van der Waals surface area contributed by atoms with Crippen molar-refractivity contribution < 1.29 is 4.74 Å². The molecule has 1 unspecified atom stereocenters. The number of nitrogens with two attached hydrogens (primary N) is 1. The summed E-state index contributed by atoms with van der Waals surface area (Å²) in [4.78, 5) is 2.02. The first kappa shape index (κ1) is 13.6. The monoisotopic (exact) mass is 262 g/mol. The number of ether oxygens (including phenoxy) is 1. The Labute approximate surface area is 106 Å². The fourth-order valence-electron chi connectivity index (χ4n) is 1.23. The first-order valence-electron chi connectivity index (χ1n) is 4.98. The van der Waals surface area contributed by atoms with Crippen LogP contribution in [0.1, 0.15) is 0 Å². The normalized spacial score (nSPS) is 12.9. The maximum absolute atomic E-state index is 5.86. The molecule has 0 bridgehead atoms. The van der Waals surface area contributed by atoms with Crippen LogP contribution >= 0.6 is 23.2 Å². The van der Waals surface area contributed by atoms with E-state index in [1.54, 1.807) is 18.2 Å². The predicted octanol–water partition coefficient (Wildman–Crippen LogP) is 2.26. The number of likely N-dealkylation sites (N-methyl/N-ethyl adjacent to an activating group) is 1. The Morgan fingerprint density at radius 1 is 1.25 bits per heavy atom. The second-order valence-corrected chi connectivity index (χ2v) is 4.64. The summed E-state index contributed by atoms with van der Waals surface area (Å²) in [6.07, 6.45) is 0. The lowest BCUT2D eigenvalue weighted by Gasteiger charge is -2.22. The summed E-state index contributed by atoms with van der Waals surface area (Å²) >= 11 is 11.7. The molecule has 0 radical (unpaired) electrons. The van der Waals surface area contributed by atoms with Crippen LogP contribution in [0.5, 0.6) is 5.75 Å². The summed E-state index contributed by atoms with van der Waals surface area (Å²) < 4.78 is 5.59. The molecule has 1 aromatic carbocycles. The number of benzene rings is 1. The van der Waals surface area contributed by atoms with Gasteiger partial charge in [0.1, 0.15) is 12.4 Å². The van der Waals surface area contributed by atoms with Gasteiger partial charge < -0.3 is 15.4 Å². The van der Waals surface area contributed by atoms with Crippen molar-refractivity contribution in [1.29, 1.82) is 0 Å². The van der Waals surface area contributed by atoms with E-state index in [9.17, 15) is 0 Å². The quantitative estimate of drug-likeness (QED) is 0.885. The summed E-state index contributed by atoms with van der Waals surface area (Å²) in [7, 11) is 3.93. The molecule has 90 valence electrons. The van der Waals surface area contributed by atoms with Gasteiger partial charge >= 0.3 is 0 Å². The third kappa shape index (κ3) is 4.18. The molecule has 16 heavy (non-hydrogen) atoms. The minimum absolute atomic E-state index is 0.178. The SMILES string of the molecule is CN(C)C(CN)COc1cc(Cl)cc(Cl)c1. The van der Waals surface area contributed by atoms with Crippen LogP contribution in [0.4, 0.5) is 0 Å². The van der Waals surface area contributed by atoms with Crippen molar-refractivity contribution in [1.82, 2.24) is 4.90 Å². The van der Waals surface area contributed by atoms with E-state index in [0.717, 1.165) is 0 Å². The Kier molecular flexibility index (Phi) is 5.35. The molecule has 0 aliphatic rings. The van der Waals surface area contributed by atoms with E-state index in [1.807, 2.05) is 19.0 Å². The van der Waals surface area contributed by atoms with Gasteiger partial charge in [0.05, 0.1) is 6.04 Å². The number of hydrogen-bond donors (Lipinski definition) is 1. The van der Waals surface area contributed by atoms with E-state index < -0.39 is 0 Å². The summed E-state index contributed by atoms with van der Waals surface area (Å²) in [6.45, 7) is 1.06.